The van der Waals surface area contributed by atoms with Crippen LogP contribution in [-0.2, 0) is 0 Å². The number of aliphatic hydroxyl groups excluding tert-OH is 1. The quantitative estimate of drug-likeness (QED) is 0.781. The molecule has 0 aromatic heterocycles. The Hall–Kier alpha value is -1.00. The molecule has 0 unspecified atom stereocenters. The third kappa shape index (κ3) is 2.08. The monoisotopic (exact) mass is 201 g/mol. The Bertz CT molecular complexity index is 328. The molecule has 0 spiro atoms. The van der Waals surface area contributed by atoms with Crippen LogP contribution in [0.3, 0.4) is 0 Å². The largest absolute Gasteiger partial charge is 0.396 e. The number of halogens is 2. The minimum absolute atomic E-state index is 0.113. The lowest BCUT2D eigenvalue weighted by molar-refractivity contribution is 0.275. The van der Waals surface area contributed by atoms with E-state index in [2.05, 4.69) is 0 Å². The predicted molar refractivity (Wildman–Crippen MR) is 49.7 cm³/mol. The van der Waals surface area contributed by atoms with Gasteiger partial charge in [0.25, 0.3) is 0 Å². The van der Waals surface area contributed by atoms with Gasteiger partial charge < -0.3 is 10.8 Å². The molecule has 4 heteroatoms. The molecule has 3 N–H and O–H groups in total. The van der Waals surface area contributed by atoms with Gasteiger partial charge in [-0.25, -0.2) is 8.78 Å². The van der Waals surface area contributed by atoms with Crippen LogP contribution < -0.4 is 5.73 Å². The molecule has 0 aliphatic rings. The summed E-state index contributed by atoms with van der Waals surface area (Å²) in [5.41, 5.74) is 5.92. The maximum atomic E-state index is 13.3. The van der Waals surface area contributed by atoms with E-state index >= 15 is 0 Å². The Morgan fingerprint density at radius 3 is 2.57 bits per heavy atom. The Morgan fingerprint density at radius 1 is 1.36 bits per heavy atom. The highest BCUT2D eigenvalue weighted by atomic mass is 19.2. The van der Waals surface area contributed by atoms with Crippen molar-refractivity contribution in [2.24, 2.45) is 5.73 Å². The van der Waals surface area contributed by atoms with Gasteiger partial charge in [0.1, 0.15) is 0 Å². The molecule has 0 amide bonds. The van der Waals surface area contributed by atoms with Gasteiger partial charge in [-0.15, -0.1) is 0 Å². The molecule has 0 aliphatic heterocycles. The lowest BCUT2D eigenvalue weighted by atomic mass is 10.0. The Morgan fingerprint density at radius 2 is 2.00 bits per heavy atom. The Kier molecular flexibility index (Phi) is 3.55. The van der Waals surface area contributed by atoms with Gasteiger partial charge in [-0.2, -0.15) is 0 Å². The van der Waals surface area contributed by atoms with Crippen molar-refractivity contribution in [2.75, 3.05) is 6.61 Å². The minimum Gasteiger partial charge on any atom is -0.396 e. The standard InChI is InChI=1S/C10H13F2NO/c1-6-2-3-7(8(13)4-5-14)10(12)9(6)11/h2-3,8,14H,4-5,13H2,1H3/t8-/m1/s1. The SMILES string of the molecule is Cc1ccc([C@H](N)CCO)c(F)c1F. The molecule has 2 nitrogen and oxygen atoms in total. The lowest BCUT2D eigenvalue weighted by Gasteiger charge is -2.12. The van der Waals surface area contributed by atoms with Gasteiger partial charge in [0.15, 0.2) is 11.6 Å². The molecule has 0 radical (unpaired) electrons. The highest BCUT2D eigenvalue weighted by Gasteiger charge is 2.15. The molecule has 0 aliphatic carbocycles. The molecule has 0 heterocycles. The van der Waals surface area contributed by atoms with Crippen molar-refractivity contribution in [1.82, 2.24) is 0 Å². The van der Waals surface area contributed by atoms with E-state index in [1.165, 1.54) is 19.1 Å². The van der Waals surface area contributed by atoms with Crippen molar-refractivity contribution in [3.63, 3.8) is 0 Å². The number of aliphatic hydroxyl groups is 1. The summed E-state index contributed by atoms with van der Waals surface area (Å²) in [5.74, 6) is -1.78. The molecule has 1 aromatic carbocycles. The van der Waals surface area contributed by atoms with Crippen LogP contribution in [0, 0.1) is 18.6 Å². The third-order valence-electron chi connectivity index (χ3n) is 2.14. The molecule has 0 saturated carbocycles. The van der Waals surface area contributed by atoms with Crippen LogP contribution in [0.1, 0.15) is 23.6 Å². The summed E-state index contributed by atoms with van der Waals surface area (Å²) in [4.78, 5) is 0. The van der Waals surface area contributed by atoms with E-state index in [4.69, 9.17) is 10.8 Å². The number of hydrogen-bond donors (Lipinski definition) is 2. The Balaban J connectivity index is 3.04. The first-order valence-electron chi connectivity index (χ1n) is 4.39. The second-order valence-electron chi connectivity index (χ2n) is 3.22. The van der Waals surface area contributed by atoms with Crippen molar-refractivity contribution >= 4 is 0 Å². The first-order chi connectivity index (χ1) is 6.57. The van der Waals surface area contributed by atoms with Crippen LogP contribution in [0.2, 0.25) is 0 Å². The third-order valence-corrected chi connectivity index (χ3v) is 2.14. The molecule has 1 rings (SSSR count). The van der Waals surface area contributed by atoms with E-state index in [0.717, 1.165) is 0 Å². The number of rotatable bonds is 3. The summed E-state index contributed by atoms with van der Waals surface area (Å²) >= 11 is 0. The highest BCUT2D eigenvalue weighted by molar-refractivity contribution is 5.27. The molecule has 0 saturated heterocycles. The molecule has 1 atom stereocenters. The molecular weight excluding hydrogens is 188 g/mol. The van der Waals surface area contributed by atoms with Crippen LogP contribution in [0.4, 0.5) is 8.78 Å². The number of benzene rings is 1. The molecule has 78 valence electrons. The van der Waals surface area contributed by atoms with Crippen LogP contribution >= 0.6 is 0 Å². The zero-order valence-electron chi connectivity index (χ0n) is 7.93. The average Bonchev–Trinajstić information content (AvgIpc) is 2.15. The highest BCUT2D eigenvalue weighted by Crippen LogP contribution is 2.21. The fraction of sp³-hybridized carbons (Fsp3) is 0.400. The summed E-state index contributed by atoms with van der Waals surface area (Å²) in [7, 11) is 0. The van der Waals surface area contributed by atoms with Crippen LogP contribution in [0.15, 0.2) is 12.1 Å². The van der Waals surface area contributed by atoms with E-state index in [-0.39, 0.29) is 24.2 Å². The maximum absolute atomic E-state index is 13.3. The second kappa shape index (κ2) is 4.48. The summed E-state index contributed by atoms with van der Waals surface area (Å²) < 4.78 is 26.4. The molecular formula is C10H13F2NO. The predicted octanol–water partition coefficient (Wildman–Crippen LogP) is 1.66. The fourth-order valence-electron chi connectivity index (χ4n) is 1.24. The van der Waals surface area contributed by atoms with E-state index in [0.29, 0.717) is 0 Å². The van der Waals surface area contributed by atoms with Crippen molar-refractivity contribution in [3.8, 4) is 0 Å². The fourth-order valence-corrected chi connectivity index (χ4v) is 1.24. The second-order valence-corrected chi connectivity index (χ2v) is 3.22. The van der Waals surface area contributed by atoms with E-state index in [1.807, 2.05) is 0 Å². The molecule has 0 bridgehead atoms. The first-order valence-corrected chi connectivity index (χ1v) is 4.39. The van der Waals surface area contributed by atoms with E-state index in [1.54, 1.807) is 0 Å². The topological polar surface area (TPSA) is 46.2 Å². The van der Waals surface area contributed by atoms with Crippen molar-refractivity contribution < 1.29 is 13.9 Å². The van der Waals surface area contributed by atoms with E-state index in [9.17, 15) is 8.78 Å². The molecule has 14 heavy (non-hydrogen) atoms. The Labute approximate surface area is 81.4 Å². The van der Waals surface area contributed by atoms with Crippen LogP contribution in [0.25, 0.3) is 0 Å². The van der Waals surface area contributed by atoms with Gasteiger partial charge in [0, 0.05) is 18.2 Å². The number of hydrogen-bond acceptors (Lipinski definition) is 2. The normalized spacial score (nSPS) is 12.9. The number of nitrogens with two attached hydrogens (primary N) is 1. The van der Waals surface area contributed by atoms with Gasteiger partial charge in [-0.05, 0) is 18.9 Å². The number of aryl methyl sites for hydroxylation is 1. The van der Waals surface area contributed by atoms with Crippen molar-refractivity contribution in [2.45, 2.75) is 19.4 Å². The van der Waals surface area contributed by atoms with Crippen LogP contribution in [-0.4, -0.2) is 11.7 Å². The minimum atomic E-state index is -0.911. The first kappa shape index (κ1) is 11.1. The summed E-state index contributed by atoms with van der Waals surface area (Å²) in [6, 6.07) is 2.27. The van der Waals surface area contributed by atoms with Gasteiger partial charge in [-0.3, -0.25) is 0 Å². The van der Waals surface area contributed by atoms with Gasteiger partial charge >= 0.3 is 0 Å². The van der Waals surface area contributed by atoms with Gasteiger partial charge in [0.2, 0.25) is 0 Å². The zero-order chi connectivity index (χ0) is 10.7. The summed E-state index contributed by atoms with van der Waals surface area (Å²) in [6.45, 7) is 1.34. The van der Waals surface area contributed by atoms with Crippen LogP contribution in [0.5, 0.6) is 0 Å². The summed E-state index contributed by atoms with van der Waals surface area (Å²) in [5, 5.41) is 8.62. The maximum Gasteiger partial charge on any atom is 0.163 e. The zero-order valence-corrected chi connectivity index (χ0v) is 7.93. The summed E-state index contributed by atoms with van der Waals surface area (Å²) in [6.07, 6.45) is 0.222. The van der Waals surface area contributed by atoms with Gasteiger partial charge in [-0.1, -0.05) is 12.1 Å². The van der Waals surface area contributed by atoms with Crippen molar-refractivity contribution in [3.05, 3.63) is 34.9 Å². The smallest absolute Gasteiger partial charge is 0.163 e. The average molecular weight is 201 g/mol. The van der Waals surface area contributed by atoms with Gasteiger partial charge in [0.05, 0.1) is 0 Å². The van der Waals surface area contributed by atoms with E-state index < -0.39 is 17.7 Å². The molecule has 0 fully saturated rings. The molecule has 1 aromatic rings. The lowest BCUT2D eigenvalue weighted by Crippen LogP contribution is -2.14. The van der Waals surface area contributed by atoms with Crippen molar-refractivity contribution in [1.29, 1.82) is 0 Å².